The van der Waals surface area contributed by atoms with Crippen molar-refractivity contribution in [3.05, 3.63) is 0 Å². The lowest BCUT2D eigenvalue weighted by atomic mass is 9.87. The van der Waals surface area contributed by atoms with Crippen LogP contribution in [0, 0.1) is 0 Å². The van der Waals surface area contributed by atoms with Crippen LogP contribution in [-0.2, 0) is 4.79 Å². The van der Waals surface area contributed by atoms with Crippen molar-refractivity contribution in [3.63, 3.8) is 0 Å². The van der Waals surface area contributed by atoms with Crippen molar-refractivity contribution >= 4 is 5.91 Å². The zero-order chi connectivity index (χ0) is 13.8. The lowest BCUT2D eigenvalue weighted by molar-refractivity contribution is -0.124. The largest absolute Gasteiger partial charge is 0.368 e. The summed E-state index contributed by atoms with van der Waals surface area (Å²) < 4.78 is 0. The summed E-state index contributed by atoms with van der Waals surface area (Å²) in [7, 11) is 2.16. The fourth-order valence-corrected chi connectivity index (χ4v) is 2.55. The maximum atomic E-state index is 11.7. The third-order valence-corrected chi connectivity index (χ3v) is 4.36. The molecule has 0 heterocycles. The molecule has 0 aliphatic heterocycles. The minimum Gasteiger partial charge on any atom is -0.368 e. The molecule has 0 aromatic heterocycles. The maximum Gasteiger partial charge on any atom is 0.237 e. The normalized spacial score (nSPS) is 21.4. The molecular formula is C14H29N3O. The Hall–Kier alpha value is -0.610. The van der Waals surface area contributed by atoms with Crippen LogP contribution < -0.4 is 11.1 Å². The molecule has 2 unspecified atom stereocenters. The van der Waals surface area contributed by atoms with Gasteiger partial charge in [-0.2, -0.15) is 0 Å². The summed E-state index contributed by atoms with van der Waals surface area (Å²) >= 11 is 0. The number of nitrogens with zero attached hydrogens (tertiary/aromatic N) is 1. The van der Waals surface area contributed by atoms with E-state index >= 15 is 0 Å². The Kier molecular flexibility index (Phi) is 5.60. The highest BCUT2D eigenvalue weighted by atomic mass is 16.1. The molecule has 106 valence electrons. The molecule has 0 bridgehead atoms. The fourth-order valence-electron chi connectivity index (χ4n) is 2.55. The van der Waals surface area contributed by atoms with E-state index in [1.807, 2.05) is 6.92 Å². The van der Waals surface area contributed by atoms with Gasteiger partial charge in [0, 0.05) is 12.1 Å². The number of nitrogens with one attached hydrogen (secondary N) is 1. The fraction of sp³-hybridized carbons (Fsp3) is 0.929. The van der Waals surface area contributed by atoms with Crippen LogP contribution in [-0.4, -0.2) is 42.0 Å². The van der Waals surface area contributed by atoms with E-state index in [1.54, 1.807) is 0 Å². The minimum absolute atomic E-state index is 0.246. The molecule has 1 saturated carbocycles. The van der Waals surface area contributed by atoms with Crippen molar-refractivity contribution in [1.82, 2.24) is 10.2 Å². The molecule has 0 aromatic rings. The van der Waals surface area contributed by atoms with Crippen LogP contribution in [0.2, 0.25) is 0 Å². The van der Waals surface area contributed by atoms with E-state index in [-0.39, 0.29) is 5.91 Å². The number of carbonyl (C=O) groups excluding carboxylic acids is 1. The van der Waals surface area contributed by atoms with E-state index in [4.69, 9.17) is 5.73 Å². The first-order valence-electron chi connectivity index (χ1n) is 7.17. The van der Waals surface area contributed by atoms with E-state index in [0.717, 1.165) is 19.4 Å². The smallest absolute Gasteiger partial charge is 0.237 e. The van der Waals surface area contributed by atoms with Gasteiger partial charge in [0.15, 0.2) is 0 Å². The van der Waals surface area contributed by atoms with Crippen LogP contribution in [0.25, 0.3) is 0 Å². The summed E-state index contributed by atoms with van der Waals surface area (Å²) in [6, 6.07) is 1.07. The number of nitrogens with two attached hydrogens (primary N) is 1. The highest BCUT2D eigenvalue weighted by Gasteiger charge is 2.35. The Bertz CT molecular complexity index is 278. The Morgan fingerprint density at radius 2 is 2.17 bits per heavy atom. The van der Waals surface area contributed by atoms with Crippen LogP contribution in [0.4, 0.5) is 0 Å². The average molecular weight is 255 g/mol. The lowest BCUT2D eigenvalue weighted by Crippen LogP contribution is -2.57. The van der Waals surface area contributed by atoms with E-state index in [1.165, 1.54) is 19.3 Å². The Morgan fingerprint density at radius 1 is 1.56 bits per heavy atom. The van der Waals surface area contributed by atoms with Gasteiger partial charge in [0.05, 0.1) is 5.54 Å². The molecule has 2 atom stereocenters. The number of amides is 1. The van der Waals surface area contributed by atoms with Crippen LogP contribution in [0.1, 0.15) is 52.9 Å². The first-order chi connectivity index (χ1) is 8.40. The summed E-state index contributed by atoms with van der Waals surface area (Å²) in [5.74, 6) is -0.246. The van der Waals surface area contributed by atoms with Crippen LogP contribution >= 0.6 is 0 Å². The topological polar surface area (TPSA) is 58.4 Å². The van der Waals surface area contributed by atoms with Crippen LogP contribution in [0.15, 0.2) is 0 Å². The molecule has 1 amide bonds. The number of primary amides is 1. The van der Waals surface area contributed by atoms with E-state index < -0.39 is 5.54 Å². The van der Waals surface area contributed by atoms with Crippen molar-refractivity contribution in [2.75, 3.05) is 13.6 Å². The SMILES string of the molecule is CCCNC(C)(CC(C)N(C)C1CCC1)C(N)=O. The van der Waals surface area contributed by atoms with Crippen molar-refractivity contribution in [2.24, 2.45) is 5.73 Å². The van der Waals surface area contributed by atoms with Gasteiger partial charge in [-0.15, -0.1) is 0 Å². The predicted octanol–water partition coefficient (Wildman–Crippen LogP) is 1.49. The molecule has 1 aliphatic carbocycles. The standard InChI is InChI=1S/C14H29N3O/c1-5-9-16-14(3,13(15)18)10-11(2)17(4)12-7-6-8-12/h11-12,16H,5-10H2,1-4H3,(H2,15,18). The van der Waals surface area contributed by atoms with Crippen molar-refractivity contribution in [1.29, 1.82) is 0 Å². The van der Waals surface area contributed by atoms with Crippen LogP contribution in [0.5, 0.6) is 0 Å². The summed E-state index contributed by atoms with van der Waals surface area (Å²) in [6.45, 7) is 7.04. The molecule has 1 aliphatic rings. The summed E-state index contributed by atoms with van der Waals surface area (Å²) in [6.07, 6.45) is 5.70. The highest BCUT2D eigenvalue weighted by molar-refractivity contribution is 5.84. The zero-order valence-electron chi connectivity index (χ0n) is 12.3. The van der Waals surface area contributed by atoms with E-state index in [9.17, 15) is 4.79 Å². The van der Waals surface area contributed by atoms with Crippen molar-refractivity contribution in [3.8, 4) is 0 Å². The van der Waals surface area contributed by atoms with Crippen LogP contribution in [0.3, 0.4) is 0 Å². The number of hydrogen-bond acceptors (Lipinski definition) is 3. The molecule has 1 fully saturated rings. The molecule has 18 heavy (non-hydrogen) atoms. The molecule has 4 nitrogen and oxygen atoms in total. The second-order valence-electron chi connectivity index (χ2n) is 5.93. The Morgan fingerprint density at radius 3 is 2.56 bits per heavy atom. The number of carbonyl (C=O) groups is 1. The molecule has 0 spiro atoms. The Labute approximate surface area is 111 Å². The molecule has 0 radical (unpaired) electrons. The summed E-state index contributed by atoms with van der Waals surface area (Å²) in [5.41, 5.74) is 4.97. The Balaban J connectivity index is 2.55. The molecule has 3 N–H and O–H groups in total. The monoisotopic (exact) mass is 255 g/mol. The predicted molar refractivity (Wildman–Crippen MR) is 75.4 cm³/mol. The summed E-state index contributed by atoms with van der Waals surface area (Å²) in [5, 5.41) is 3.30. The molecule has 0 saturated heterocycles. The highest BCUT2D eigenvalue weighted by Crippen LogP contribution is 2.27. The average Bonchev–Trinajstić information content (AvgIpc) is 2.23. The molecule has 0 aromatic carbocycles. The maximum absolute atomic E-state index is 11.7. The summed E-state index contributed by atoms with van der Waals surface area (Å²) in [4.78, 5) is 14.1. The van der Waals surface area contributed by atoms with Gasteiger partial charge >= 0.3 is 0 Å². The van der Waals surface area contributed by atoms with Gasteiger partial charge < -0.3 is 16.0 Å². The van der Waals surface area contributed by atoms with E-state index in [2.05, 4.69) is 31.1 Å². The molecular weight excluding hydrogens is 226 g/mol. The lowest BCUT2D eigenvalue weighted by Gasteiger charge is -2.41. The van der Waals surface area contributed by atoms with Gasteiger partial charge in [-0.1, -0.05) is 13.3 Å². The number of rotatable bonds is 8. The third kappa shape index (κ3) is 3.69. The van der Waals surface area contributed by atoms with E-state index in [0.29, 0.717) is 12.1 Å². The molecule has 4 heteroatoms. The third-order valence-electron chi connectivity index (χ3n) is 4.36. The van der Waals surface area contributed by atoms with Gasteiger partial charge in [0.25, 0.3) is 0 Å². The van der Waals surface area contributed by atoms with Crippen molar-refractivity contribution < 1.29 is 4.79 Å². The molecule has 1 rings (SSSR count). The zero-order valence-corrected chi connectivity index (χ0v) is 12.3. The first kappa shape index (κ1) is 15.4. The van der Waals surface area contributed by atoms with Gasteiger partial charge in [0.1, 0.15) is 0 Å². The second kappa shape index (κ2) is 6.53. The number of hydrogen-bond donors (Lipinski definition) is 2. The second-order valence-corrected chi connectivity index (χ2v) is 5.93. The van der Waals surface area contributed by atoms with Gasteiger partial charge in [-0.25, -0.2) is 0 Å². The minimum atomic E-state index is -0.590. The van der Waals surface area contributed by atoms with Gasteiger partial charge in [-0.05, 0) is 53.1 Å². The van der Waals surface area contributed by atoms with Gasteiger partial charge in [-0.3, -0.25) is 4.79 Å². The first-order valence-corrected chi connectivity index (χ1v) is 7.17. The van der Waals surface area contributed by atoms with Crippen molar-refractivity contribution in [2.45, 2.75) is 70.5 Å². The quantitative estimate of drug-likeness (QED) is 0.691. The van der Waals surface area contributed by atoms with Gasteiger partial charge in [0.2, 0.25) is 5.91 Å².